The van der Waals surface area contributed by atoms with Crippen molar-refractivity contribution in [1.82, 2.24) is 0 Å². The largest absolute Gasteiger partial charge is 0.276 e. The van der Waals surface area contributed by atoms with Gasteiger partial charge < -0.3 is 0 Å². The van der Waals surface area contributed by atoms with Crippen molar-refractivity contribution in [3.05, 3.63) is 71.4 Å². The average molecular weight is 347 g/mol. The summed E-state index contributed by atoms with van der Waals surface area (Å²) in [6, 6.07) is 22.6. The molecule has 0 fully saturated rings. The molecule has 20 heavy (non-hydrogen) atoms. The third kappa shape index (κ3) is 2.35. The maximum absolute atomic E-state index is 3.35. The molecule has 0 nitrogen and oxygen atoms in total. The summed E-state index contributed by atoms with van der Waals surface area (Å²) < 4.78 is 0. The molecule has 0 aliphatic carbocycles. The predicted molar refractivity (Wildman–Crippen MR) is 82.4 cm³/mol. The summed E-state index contributed by atoms with van der Waals surface area (Å²) in [6.07, 6.45) is 0. The van der Waals surface area contributed by atoms with Crippen molar-refractivity contribution in [3.8, 4) is 11.1 Å². The van der Waals surface area contributed by atoms with Gasteiger partial charge in [0.25, 0.3) is 0 Å². The summed E-state index contributed by atoms with van der Waals surface area (Å²) in [7, 11) is 0. The van der Waals surface area contributed by atoms with Gasteiger partial charge in [-0.25, -0.2) is 17.2 Å². The monoisotopic (exact) mass is 347 g/mol. The fraction of sp³-hybridized carbons (Fsp3) is 0. The minimum Gasteiger partial charge on any atom is -0.276 e. The van der Waals surface area contributed by atoms with Crippen LogP contribution in [0.15, 0.2) is 60.0 Å². The first-order chi connectivity index (χ1) is 9.42. The third-order valence-electron chi connectivity index (χ3n) is 3.44. The van der Waals surface area contributed by atoms with Crippen LogP contribution in [0.4, 0.5) is 0 Å². The minimum absolute atomic E-state index is 0. The Bertz CT molecular complexity index is 863. The second kappa shape index (κ2) is 5.77. The summed E-state index contributed by atoms with van der Waals surface area (Å²) in [5.74, 6) is 0. The Balaban J connectivity index is 0.00000121. The van der Waals surface area contributed by atoms with Crippen LogP contribution in [0.2, 0.25) is 0 Å². The van der Waals surface area contributed by atoms with E-state index in [-0.39, 0.29) is 32.7 Å². The van der Waals surface area contributed by atoms with Crippen molar-refractivity contribution in [1.29, 1.82) is 0 Å². The summed E-state index contributed by atoms with van der Waals surface area (Å²) in [4.78, 5) is 0. The van der Waals surface area contributed by atoms with Crippen molar-refractivity contribution < 1.29 is 32.7 Å². The Morgan fingerprint density at radius 1 is 0.800 bits per heavy atom. The first-order valence-corrected chi connectivity index (χ1v) is 7.08. The molecule has 0 atom stereocenters. The van der Waals surface area contributed by atoms with Gasteiger partial charge in [-0.1, -0.05) is 36.4 Å². The molecule has 0 bridgehead atoms. The van der Waals surface area contributed by atoms with Gasteiger partial charge in [-0.3, -0.25) is 11.3 Å². The zero-order valence-corrected chi connectivity index (χ0v) is 14.4. The number of benzene rings is 3. The van der Waals surface area contributed by atoms with E-state index in [1.807, 2.05) is 0 Å². The van der Waals surface area contributed by atoms with Gasteiger partial charge in [0.15, 0.2) is 0 Å². The van der Waals surface area contributed by atoms with E-state index in [1.165, 1.54) is 21.5 Å². The SMILES string of the molecule is [Y].[c-]1sccc1-c1[c-]cc2ccc3ccccc3c2c1. The van der Waals surface area contributed by atoms with Gasteiger partial charge >= 0.3 is 0 Å². The molecule has 0 spiro atoms. The molecule has 0 unspecified atom stereocenters. The summed E-state index contributed by atoms with van der Waals surface area (Å²) in [6.45, 7) is 0. The van der Waals surface area contributed by atoms with Crippen LogP contribution in [-0.4, -0.2) is 0 Å². The van der Waals surface area contributed by atoms with Gasteiger partial charge in [0.2, 0.25) is 0 Å². The Morgan fingerprint density at radius 3 is 2.50 bits per heavy atom. The Morgan fingerprint density at radius 2 is 1.65 bits per heavy atom. The molecule has 0 saturated heterocycles. The van der Waals surface area contributed by atoms with E-state index in [0.29, 0.717) is 0 Å². The Hall–Kier alpha value is -1.02. The number of hydrogen-bond acceptors (Lipinski definition) is 1. The number of thiophene rings is 1. The van der Waals surface area contributed by atoms with Crippen molar-refractivity contribution >= 4 is 32.9 Å². The second-order valence-corrected chi connectivity index (χ2v) is 5.28. The Labute approximate surface area is 147 Å². The fourth-order valence-electron chi connectivity index (χ4n) is 2.47. The minimum atomic E-state index is 0. The smallest absolute Gasteiger partial charge is 0 e. The van der Waals surface area contributed by atoms with E-state index in [1.54, 1.807) is 11.3 Å². The molecule has 1 heterocycles. The van der Waals surface area contributed by atoms with Crippen LogP contribution >= 0.6 is 11.3 Å². The van der Waals surface area contributed by atoms with Gasteiger partial charge in [-0.2, -0.15) is 12.1 Å². The Kier molecular flexibility index (Phi) is 4.02. The van der Waals surface area contributed by atoms with Crippen molar-refractivity contribution in [2.24, 2.45) is 0 Å². The zero-order valence-electron chi connectivity index (χ0n) is 10.8. The first-order valence-electron chi connectivity index (χ1n) is 6.20. The molecule has 93 valence electrons. The van der Waals surface area contributed by atoms with Gasteiger partial charge in [-0.15, -0.1) is 27.6 Å². The van der Waals surface area contributed by atoms with Gasteiger partial charge in [0.1, 0.15) is 0 Å². The van der Waals surface area contributed by atoms with Crippen LogP contribution in [0.5, 0.6) is 0 Å². The van der Waals surface area contributed by atoms with Crippen LogP contribution in [0.25, 0.3) is 32.7 Å². The summed E-state index contributed by atoms with van der Waals surface area (Å²) in [5, 5.41) is 10.4. The first kappa shape index (κ1) is 13.9. The normalized spacial score (nSPS) is 10.6. The van der Waals surface area contributed by atoms with Crippen molar-refractivity contribution in [2.45, 2.75) is 0 Å². The molecule has 0 aliphatic heterocycles. The molecule has 1 aromatic heterocycles. The van der Waals surface area contributed by atoms with Gasteiger partial charge in [-0.05, 0) is 10.8 Å². The van der Waals surface area contributed by atoms with E-state index in [9.17, 15) is 0 Å². The standard InChI is InChI=1S/C18H10S.Y/c1-2-4-17-13(3-1)5-6-14-7-8-15(11-18(14)17)16-9-10-19-12-16;/h1-7,9-11H;/q-2;. The molecular formula is C18H10SY-2. The summed E-state index contributed by atoms with van der Waals surface area (Å²) in [5.41, 5.74) is 2.24. The van der Waals surface area contributed by atoms with Crippen LogP contribution in [0.1, 0.15) is 0 Å². The maximum atomic E-state index is 3.35. The molecule has 4 aromatic rings. The van der Waals surface area contributed by atoms with E-state index in [4.69, 9.17) is 0 Å². The van der Waals surface area contributed by atoms with Gasteiger partial charge in [0.05, 0.1) is 0 Å². The van der Waals surface area contributed by atoms with Crippen LogP contribution in [-0.2, 0) is 32.7 Å². The maximum Gasteiger partial charge on any atom is 0 e. The van der Waals surface area contributed by atoms with Crippen molar-refractivity contribution in [2.75, 3.05) is 0 Å². The van der Waals surface area contributed by atoms with E-state index in [2.05, 4.69) is 71.4 Å². The van der Waals surface area contributed by atoms with E-state index >= 15 is 0 Å². The number of hydrogen-bond donors (Lipinski definition) is 0. The molecule has 0 aliphatic rings. The van der Waals surface area contributed by atoms with E-state index < -0.39 is 0 Å². The molecule has 3 aromatic carbocycles. The molecule has 0 saturated carbocycles. The number of fused-ring (bicyclic) bond motifs is 3. The summed E-state index contributed by atoms with van der Waals surface area (Å²) >= 11 is 1.60. The fourth-order valence-corrected chi connectivity index (χ4v) is 3.05. The number of rotatable bonds is 1. The third-order valence-corrected chi connectivity index (χ3v) is 4.05. The molecule has 4 rings (SSSR count). The van der Waals surface area contributed by atoms with Crippen molar-refractivity contribution in [3.63, 3.8) is 0 Å². The average Bonchev–Trinajstić information content (AvgIpc) is 3.01. The van der Waals surface area contributed by atoms with Crippen LogP contribution < -0.4 is 0 Å². The molecule has 0 N–H and O–H groups in total. The topological polar surface area (TPSA) is 0 Å². The molecule has 0 amide bonds. The molecular weight excluding hydrogens is 337 g/mol. The van der Waals surface area contributed by atoms with Gasteiger partial charge in [0, 0.05) is 32.7 Å². The van der Waals surface area contributed by atoms with Crippen LogP contribution in [0, 0.1) is 11.4 Å². The second-order valence-electron chi connectivity index (χ2n) is 4.57. The molecule has 1 radical (unpaired) electrons. The van der Waals surface area contributed by atoms with E-state index in [0.717, 1.165) is 11.1 Å². The quantitative estimate of drug-likeness (QED) is 0.323. The zero-order chi connectivity index (χ0) is 12.7. The van der Waals surface area contributed by atoms with Crippen LogP contribution in [0.3, 0.4) is 0 Å². The molecule has 2 heteroatoms. The predicted octanol–water partition coefficient (Wildman–Crippen LogP) is 5.32.